The van der Waals surface area contributed by atoms with Crippen molar-refractivity contribution in [3.63, 3.8) is 0 Å². The number of hydrogen-bond acceptors (Lipinski definition) is 6. The summed E-state index contributed by atoms with van der Waals surface area (Å²) in [6.45, 7) is 4.27. The van der Waals surface area contributed by atoms with Gasteiger partial charge in [-0.15, -0.1) is 0 Å². The van der Waals surface area contributed by atoms with Crippen LogP contribution in [0.25, 0.3) is 0 Å². The van der Waals surface area contributed by atoms with E-state index in [2.05, 4.69) is 24.8 Å². The fraction of sp³-hybridized carbons (Fsp3) is 0.462. The van der Waals surface area contributed by atoms with Crippen LogP contribution in [0.5, 0.6) is 0 Å². The number of nitrogens with one attached hydrogen (secondary N) is 1. The van der Waals surface area contributed by atoms with Crippen molar-refractivity contribution in [2.45, 2.75) is 31.6 Å². The third-order valence-corrected chi connectivity index (χ3v) is 4.33. The molecule has 8 heteroatoms. The molecule has 0 spiro atoms. The van der Waals surface area contributed by atoms with E-state index in [1.165, 1.54) is 0 Å². The van der Waals surface area contributed by atoms with Crippen LogP contribution in [0.4, 0.5) is 0 Å². The minimum absolute atomic E-state index is 0.0844. The molecule has 1 aliphatic rings. The Hall–Kier alpha value is -1.80. The maximum absolute atomic E-state index is 11.5. The molecule has 0 aliphatic carbocycles. The predicted octanol–water partition coefficient (Wildman–Crippen LogP) is 0.470. The average molecular weight is 307 g/mol. The molecule has 1 aliphatic heterocycles. The van der Waals surface area contributed by atoms with Crippen LogP contribution >= 0.6 is 0 Å². The zero-order chi connectivity index (χ0) is 15.0. The highest BCUT2D eigenvalue weighted by molar-refractivity contribution is 7.90. The maximum atomic E-state index is 11.5. The van der Waals surface area contributed by atoms with Crippen molar-refractivity contribution in [3.8, 4) is 0 Å². The number of fused-ring (bicyclic) bond motifs is 1. The van der Waals surface area contributed by atoms with E-state index in [9.17, 15) is 8.42 Å². The molecule has 0 unspecified atom stereocenters. The zero-order valence-electron chi connectivity index (χ0n) is 12.0. The smallest absolute Gasteiger partial charge is 0.246 e. The number of imidazole rings is 1. The lowest BCUT2D eigenvalue weighted by Crippen LogP contribution is -2.31. The van der Waals surface area contributed by atoms with Crippen LogP contribution in [0, 0.1) is 6.92 Å². The van der Waals surface area contributed by atoms with Crippen molar-refractivity contribution in [1.29, 1.82) is 0 Å². The molecule has 0 fully saturated rings. The van der Waals surface area contributed by atoms with Crippen LogP contribution in [0.15, 0.2) is 17.6 Å². The molecule has 3 heterocycles. The van der Waals surface area contributed by atoms with Gasteiger partial charge in [-0.2, -0.15) is 0 Å². The molecule has 0 radical (unpaired) electrons. The minimum atomic E-state index is -3.34. The summed E-state index contributed by atoms with van der Waals surface area (Å²) in [6.07, 6.45) is 5.33. The van der Waals surface area contributed by atoms with Gasteiger partial charge in [0.1, 0.15) is 5.82 Å². The molecule has 0 saturated heterocycles. The van der Waals surface area contributed by atoms with Crippen LogP contribution < -0.4 is 0 Å². The van der Waals surface area contributed by atoms with Crippen molar-refractivity contribution in [3.05, 3.63) is 35.2 Å². The van der Waals surface area contributed by atoms with Gasteiger partial charge in [-0.1, -0.05) is 0 Å². The molecule has 0 aromatic carbocycles. The molecule has 112 valence electrons. The molecule has 0 atom stereocenters. The molecular weight excluding hydrogens is 290 g/mol. The van der Waals surface area contributed by atoms with Gasteiger partial charge in [0.05, 0.1) is 5.69 Å². The molecule has 0 amide bonds. The second-order valence-corrected chi connectivity index (χ2v) is 7.26. The van der Waals surface area contributed by atoms with Crippen LogP contribution in [-0.4, -0.2) is 46.1 Å². The number of aromatic amines is 1. The highest BCUT2D eigenvalue weighted by Crippen LogP contribution is 2.19. The summed E-state index contributed by atoms with van der Waals surface area (Å²) in [7, 11) is -3.34. The van der Waals surface area contributed by atoms with E-state index in [-0.39, 0.29) is 5.16 Å². The van der Waals surface area contributed by atoms with Gasteiger partial charge in [-0.3, -0.25) is 4.90 Å². The van der Waals surface area contributed by atoms with E-state index in [0.717, 1.165) is 55.1 Å². The van der Waals surface area contributed by atoms with Crippen molar-refractivity contribution >= 4 is 9.84 Å². The summed E-state index contributed by atoms with van der Waals surface area (Å²) in [5, 5.41) is -0.0844. The van der Waals surface area contributed by atoms with Crippen LogP contribution in [-0.2, 0) is 29.3 Å². The largest absolute Gasteiger partial charge is 0.345 e. The van der Waals surface area contributed by atoms with Gasteiger partial charge < -0.3 is 4.98 Å². The second-order valence-electron chi connectivity index (χ2n) is 5.35. The van der Waals surface area contributed by atoms with E-state index in [1.807, 2.05) is 13.1 Å². The van der Waals surface area contributed by atoms with Gasteiger partial charge in [0, 0.05) is 56.0 Å². The monoisotopic (exact) mass is 307 g/mol. The Morgan fingerprint density at radius 3 is 2.81 bits per heavy atom. The standard InChI is InChI=1S/C13H17N5O2S/c1-9-14-6-11(16-9)8-18-4-3-12-10(7-18)5-15-13(17-12)21(2,19)20/h5-6H,3-4,7-8H2,1-2H3,(H,14,16). The number of aromatic nitrogens is 4. The summed E-state index contributed by atoms with van der Waals surface area (Å²) in [6, 6.07) is 0. The van der Waals surface area contributed by atoms with Crippen LogP contribution in [0.2, 0.25) is 0 Å². The number of H-pyrrole nitrogens is 1. The molecule has 21 heavy (non-hydrogen) atoms. The van der Waals surface area contributed by atoms with Gasteiger partial charge in [0.25, 0.3) is 0 Å². The second kappa shape index (κ2) is 5.19. The van der Waals surface area contributed by atoms with E-state index in [0.29, 0.717) is 0 Å². The quantitative estimate of drug-likeness (QED) is 0.829. The lowest BCUT2D eigenvalue weighted by Gasteiger charge is -2.27. The normalized spacial score (nSPS) is 15.9. The van der Waals surface area contributed by atoms with Gasteiger partial charge in [-0.05, 0) is 6.92 Å². The number of hydrogen-bond donors (Lipinski definition) is 1. The summed E-state index contributed by atoms with van der Waals surface area (Å²) in [4.78, 5) is 17.8. The molecule has 2 aromatic rings. The van der Waals surface area contributed by atoms with Gasteiger partial charge in [0.2, 0.25) is 15.0 Å². The Labute approximate surface area is 123 Å². The molecule has 7 nitrogen and oxygen atoms in total. The Morgan fingerprint density at radius 2 is 2.14 bits per heavy atom. The Morgan fingerprint density at radius 1 is 1.33 bits per heavy atom. The number of rotatable bonds is 3. The first-order valence-electron chi connectivity index (χ1n) is 6.69. The lowest BCUT2D eigenvalue weighted by molar-refractivity contribution is 0.239. The number of aryl methyl sites for hydroxylation is 1. The van der Waals surface area contributed by atoms with Gasteiger partial charge in [0.15, 0.2) is 0 Å². The van der Waals surface area contributed by atoms with E-state index < -0.39 is 9.84 Å². The van der Waals surface area contributed by atoms with Crippen LogP contribution in [0.3, 0.4) is 0 Å². The van der Waals surface area contributed by atoms with Gasteiger partial charge >= 0.3 is 0 Å². The molecular formula is C13H17N5O2S. The number of sulfone groups is 1. The first kappa shape index (κ1) is 14.2. The highest BCUT2D eigenvalue weighted by atomic mass is 32.2. The molecule has 3 rings (SSSR count). The summed E-state index contributed by atoms with van der Waals surface area (Å²) >= 11 is 0. The van der Waals surface area contributed by atoms with Gasteiger partial charge in [-0.25, -0.2) is 23.4 Å². The fourth-order valence-corrected chi connectivity index (χ4v) is 2.98. The highest BCUT2D eigenvalue weighted by Gasteiger charge is 2.21. The fourth-order valence-electron chi connectivity index (χ4n) is 2.46. The summed E-state index contributed by atoms with van der Waals surface area (Å²) < 4.78 is 23.0. The zero-order valence-corrected chi connectivity index (χ0v) is 12.8. The number of nitrogens with zero attached hydrogens (tertiary/aromatic N) is 4. The lowest BCUT2D eigenvalue weighted by atomic mass is 10.1. The van der Waals surface area contributed by atoms with E-state index >= 15 is 0 Å². The molecule has 0 bridgehead atoms. The summed E-state index contributed by atoms with van der Waals surface area (Å²) in [5.74, 6) is 0.906. The SMILES string of the molecule is Cc1ncc(CN2CCc3nc(S(C)(=O)=O)ncc3C2)[nH]1. The minimum Gasteiger partial charge on any atom is -0.345 e. The van der Waals surface area contributed by atoms with Crippen molar-refractivity contribution in [2.75, 3.05) is 12.8 Å². The van der Waals surface area contributed by atoms with E-state index in [1.54, 1.807) is 6.20 Å². The third kappa shape index (κ3) is 3.11. The predicted molar refractivity (Wildman–Crippen MR) is 76.3 cm³/mol. The van der Waals surface area contributed by atoms with Crippen molar-refractivity contribution in [2.24, 2.45) is 0 Å². The molecule has 0 saturated carbocycles. The van der Waals surface area contributed by atoms with Crippen molar-refractivity contribution < 1.29 is 8.42 Å². The summed E-state index contributed by atoms with van der Waals surface area (Å²) in [5.41, 5.74) is 2.90. The van der Waals surface area contributed by atoms with Crippen molar-refractivity contribution in [1.82, 2.24) is 24.8 Å². The Kier molecular flexibility index (Phi) is 3.50. The average Bonchev–Trinajstić information content (AvgIpc) is 2.82. The van der Waals surface area contributed by atoms with E-state index in [4.69, 9.17) is 0 Å². The maximum Gasteiger partial charge on any atom is 0.246 e. The Balaban J connectivity index is 1.77. The topological polar surface area (TPSA) is 91.8 Å². The first-order chi connectivity index (χ1) is 9.91. The molecule has 1 N–H and O–H groups in total. The third-order valence-electron chi connectivity index (χ3n) is 3.47. The Bertz CT molecular complexity index is 769. The van der Waals surface area contributed by atoms with Crippen LogP contribution in [0.1, 0.15) is 22.8 Å². The molecule has 2 aromatic heterocycles. The first-order valence-corrected chi connectivity index (χ1v) is 8.58.